The second kappa shape index (κ2) is 5.07. The molecule has 92 valence electrons. The summed E-state index contributed by atoms with van der Waals surface area (Å²) in [4.78, 5) is 15.9. The average molecular weight is 253 g/mol. The van der Waals surface area contributed by atoms with Crippen LogP contribution in [0.2, 0.25) is 5.02 Å². The number of benzene rings is 1. The summed E-state index contributed by atoms with van der Waals surface area (Å²) in [5.74, 6) is 0.182. The topological polar surface area (TPSA) is 23.6 Å². The van der Waals surface area contributed by atoms with Gasteiger partial charge in [0.05, 0.1) is 6.42 Å². The Balaban J connectivity index is 2.07. The van der Waals surface area contributed by atoms with E-state index >= 15 is 0 Å². The Bertz CT molecular complexity index is 431. The molecule has 3 nitrogen and oxygen atoms in total. The van der Waals surface area contributed by atoms with E-state index < -0.39 is 0 Å². The summed E-state index contributed by atoms with van der Waals surface area (Å²) >= 11 is 5.93. The van der Waals surface area contributed by atoms with Gasteiger partial charge in [0.2, 0.25) is 5.91 Å². The summed E-state index contributed by atoms with van der Waals surface area (Å²) in [7, 11) is 4.08. The van der Waals surface area contributed by atoms with Crippen LogP contribution in [-0.4, -0.2) is 38.0 Å². The van der Waals surface area contributed by atoms with Gasteiger partial charge in [0.1, 0.15) is 0 Å². The molecular weight excluding hydrogens is 236 g/mol. The monoisotopic (exact) mass is 252 g/mol. The maximum absolute atomic E-state index is 11.9. The maximum Gasteiger partial charge on any atom is 0.231 e. The highest BCUT2D eigenvalue weighted by atomic mass is 35.5. The molecule has 2 rings (SSSR count). The normalized spacial score (nSPS) is 14.6. The number of hydrogen-bond acceptors (Lipinski definition) is 2. The van der Waals surface area contributed by atoms with Crippen molar-refractivity contribution in [2.45, 2.75) is 12.8 Å². The second-order valence-electron chi connectivity index (χ2n) is 4.65. The molecule has 0 N–H and O–H groups in total. The van der Waals surface area contributed by atoms with E-state index in [1.165, 1.54) is 0 Å². The highest BCUT2D eigenvalue weighted by Gasteiger charge is 2.26. The van der Waals surface area contributed by atoms with Crippen LogP contribution < -0.4 is 4.90 Å². The summed E-state index contributed by atoms with van der Waals surface area (Å²) in [6.07, 6.45) is 1.47. The van der Waals surface area contributed by atoms with Crippen LogP contribution in [-0.2, 0) is 11.2 Å². The van der Waals surface area contributed by atoms with Gasteiger partial charge in [0, 0.05) is 17.3 Å². The van der Waals surface area contributed by atoms with Crippen molar-refractivity contribution in [3.05, 3.63) is 28.8 Å². The van der Waals surface area contributed by atoms with Crippen LogP contribution >= 0.6 is 11.6 Å². The number of rotatable bonds is 4. The van der Waals surface area contributed by atoms with Crippen LogP contribution in [0.15, 0.2) is 18.2 Å². The average Bonchev–Trinajstić information content (AvgIpc) is 2.54. The second-order valence-corrected chi connectivity index (χ2v) is 5.09. The lowest BCUT2D eigenvalue weighted by molar-refractivity contribution is -0.117. The third-order valence-corrected chi connectivity index (χ3v) is 3.20. The molecule has 0 radical (unpaired) electrons. The SMILES string of the molecule is CN(C)CCCN1C(=O)Cc2cc(Cl)ccc21. The number of halogens is 1. The minimum atomic E-state index is 0.182. The summed E-state index contributed by atoms with van der Waals surface area (Å²) in [5.41, 5.74) is 2.07. The number of hydrogen-bond donors (Lipinski definition) is 0. The van der Waals surface area contributed by atoms with Gasteiger partial charge in [0.25, 0.3) is 0 Å². The number of amides is 1. The van der Waals surface area contributed by atoms with E-state index in [9.17, 15) is 4.79 Å². The zero-order valence-corrected chi connectivity index (χ0v) is 11.0. The van der Waals surface area contributed by atoms with Gasteiger partial charge in [-0.05, 0) is 50.8 Å². The quantitative estimate of drug-likeness (QED) is 0.820. The molecule has 1 aliphatic heterocycles. The minimum absolute atomic E-state index is 0.182. The number of carbonyl (C=O) groups is 1. The fourth-order valence-corrected chi connectivity index (χ4v) is 2.34. The lowest BCUT2D eigenvalue weighted by Gasteiger charge is -2.18. The van der Waals surface area contributed by atoms with Crippen LogP contribution in [0, 0.1) is 0 Å². The van der Waals surface area contributed by atoms with E-state index in [1.807, 2.05) is 37.2 Å². The summed E-state index contributed by atoms with van der Waals surface area (Å²) in [5, 5.41) is 0.701. The van der Waals surface area contributed by atoms with Gasteiger partial charge in [-0.3, -0.25) is 4.79 Å². The molecule has 0 unspecified atom stereocenters. The predicted octanol–water partition coefficient (Wildman–Crippen LogP) is 2.18. The van der Waals surface area contributed by atoms with Crippen molar-refractivity contribution in [2.75, 3.05) is 32.1 Å². The Morgan fingerprint density at radius 2 is 2.18 bits per heavy atom. The Hall–Kier alpha value is -1.06. The van der Waals surface area contributed by atoms with E-state index in [-0.39, 0.29) is 5.91 Å². The molecule has 4 heteroatoms. The van der Waals surface area contributed by atoms with E-state index in [0.29, 0.717) is 11.4 Å². The predicted molar refractivity (Wildman–Crippen MR) is 70.7 cm³/mol. The van der Waals surface area contributed by atoms with Gasteiger partial charge < -0.3 is 9.80 Å². The first-order valence-electron chi connectivity index (χ1n) is 5.81. The molecule has 0 bridgehead atoms. The molecule has 0 saturated carbocycles. The highest BCUT2D eigenvalue weighted by Crippen LogP contribution is 2.31. The lowest BCUT2D eigenvalue weighted by Crippen LogP contribution is -2.29. The zero-order valence-electron chi connectivity index (χ0n) is 10.2. The summed E-state index contributed by atoms with van der Waals surface area (Å²) in [6.45, 7) is 1.78. The molecule has 1 aromatic carbocycles. The molecule has 0 saturated heterocycles. The highest BCUT2D eigenvalue weighted by molar-refractivity contribution is 6.30. The van der Waals surface area contributed by atoms with Crippen molar-refractivity contribution >= 4 is 23.2 Å². The first-order valence-corrected chi connectivity index (χ1v) is 6.19. The van der Waals surface area contributed by atoms with E-state index in [2.05, 4.69) is 4.90 Å². The first-order chi connectivity index (χ1) is 8.08. The zero-order chi connectivity index (χ0) is 12.4. The van der Waals surface area contributed by atoms with Crippen molar-refractivity contribution in [3.63, 3.8) is 0 Å². The van der Waals surface area contributed by atoms with Crippen LogP contribution in [0.5, 0.6) is 0 Å². The van der Waals surface area contributed by atoms with E-state index in [0.717, 1.165) is 30.8 Å². The Morgan fingerprint density at radius 3 is 2.88 bits per heavy atom. The smallest absolute Gasteiger partial charge is 0.231 e. The van der Waals surface area contributed by atoms with Crippen LogP contribution in [0.4, 0.5) is 5.69 Å². The Labute approximate surface area is 107 Å². The molecule has 1 heterocycles. The summed E-state index contributed by atoms with van der Waals surface area (Å²) in [6, 6.07) is 5.68. The van der Waals surface area contributed by atoms with Gasteiger partial charge in [-0.15, -0.1) is 0 Å². The van der Waals surface area contributed by atoms with Gasteiger partial charge in [0.15, 0.2) is 0 Å². The lowest BCUT2D eigenvalue weighted by atomic mass is 10.2. The largest absolute Gasteiger partial charge is 0.312 e. The van der Waals surface area contributed by atoms with Crippen molar-refractivity contribution in [1.82, 2.24) is 4.90 Å². The van der Waals surface area contributed by atoms with E-state index in [1.54, 1.807) is 0 Å². The van der Waals surface area contributed by atoms with Gasteiger partial charge in [-0.2, -0.15) is 0 Å². The third kappa shape index (κ3) is 2.79. The van der Waals surface area contributed by atoms with Crippen molar-refractivity contribution in [1.29, 1.82) is 0 Å². The van der Waals surface area contributed by atoms with Crippen molar-refractivity contribution in [2.24, 2.45) is 0 Å². The standard InChI is InChI=1S/C13H17ClN2O/c1-15(2)6-3-7-16-12-5-4-11(14)8-10(12)9-13(16)17/h4-5,8H,3,6-7,9H2,1-2H3. The Kier molecular flexibility index (Phi) is 3.69. The Morgan fingerprint density at radius 1 is 1.41 bits per heavy atom. The molecule has 1 amide bonds. The minimum Gasteiger partial charge on any atom is -0.312 e. The molecule has 17 heavy (non-hydrogen) atoms. The molecule has 0 atom stereocenters. The van der Waals surface area contributed by atoms with E-state index in [4.69, 9.17) is 11.6 Å². The summed E-state index contributed by atoms with van der Waals surface area (Å²) < 4.78 is 0. The molecular formula is C13H17ClN2O. The van der Waals surface area contributed by atoms with Gasteiger partial charge in [-0.25, -0.2) is 0 Å². The van der Waals surface area contributed by atoms with Gasteiger partial charge >= 0.3 is 0 Å². The molecule has 0 aliphatic carbocycles. The van der Waals surface area contributed by atoms with Gasteiger partial charge in [-0.1, -0.05) is 11.6 Å². The molecule has 1 aromatic rings. The first kappa shape index (κ1) is 12.4. The molecule has 0 spiro atoms. The molecule has 0 aromatic heterocycles. The number of nitrogens with zero attached hydrogens (tertiary/aromatic N) is 2. The van der Waals surface area contributed by atoms with Crippen LogP contribution in [0.25, 0.3) is 0 Å². The van der Waals surface area contributed by atoms with Crippen LogP contribution in [0.3, 0.4) is 0 Å². The fourth-order valence-electron chi connectivity index (χ4n) is 2.14. The van der Waals surface area contributed by atoms with Crippen molar-refractivity contribution < 1.29 is 4.79 Å². The third-order valence-electron chi connectivity index (χ3n) is 2.96. The van der Waals surface area contributed by atoms with Crippen LogP contribution in [0.1, 0.15) is 12.0 Å². The number of carbonyl (C=O) groups excluding carboxylic acids is 1. The molecule has 0 fully saturated rings. The number of fused-ring (bicyclic) bond motifs is 1. The number of anilines is 1. The maximum atomic E-state index is 11.9. The fraction of sp³-hybridized carbons (Fsp3) is 0.462. The molecule has 1 aliphatic rings. The van der Waals surface area contributed by atoms with Crippen molar-refractivity contribution in [3.8, 4) is 0 Å².